The normalized spacial score (nSPS) is 15.0. The van der Waals surface area contributed by atoms with E-state index in [2.05, 4.69) is 15.4 Å². The van der Waals surface area contributed by atoms with Crippen molar-refractivity contribution in [3.8, 4) is 0 Å². The Bertz CT molecular complexity index is 1070. The third-order valence-corrected chi connectivity index (χ3v) is 6.69. The van der Waals surface area contributed by atoms with Crippen molar-refractivity contribution in [3.63, 3.8) is 0 Å². The van der Waals surface area contributed by atoms with Crippen LogP contribution in [0.3, 0.4) is 0 Å². The fraction of sp³-hybridized carbons (Fsp3) is 0.391. The minimum atomic E-state index is -3.68. The molecule has 3 rings (SSSR count). The van der Waals surface area contributed by atoms with Gasteiger partial charge in [0.2, 0.25) is 15.9 Å². The fourth-order valence-corrected chi connectivity index (χ4v) is 4.36. The SMILES string of the molecule is CC(C)CC[C@H](NC(=O)c1ccc(F)cc1)C(=O)Nc1ccc(S(=O)(=O)NC2COC2)cc1. The molecule has 178 valence electrons. The standard InChI is InChI=1S/C23H28FN3O5S/c1-15(2)3-12-21(26-22(28)16-4-6-17(24)7-5-16)23(29)25-18-8-10-20(11-9-18)33(30,31)27-19-13-32-14-19/h4-11,15,19,21,27H,3,12-14H2,1-2H3,(H,25,29)(H,26,28)/t21-/m0/s1. The Morgan fingerprint density at radius 3 is 2.21 bits per heavy atom. The van der Waals surface area contributed by atoms with E-state index in [0.29, 0.717) is 37.7 Å². The molecule has 3 N–H and O–H groups in total. The van der Waals surface area contributed by atoms with Gasteiger partial charge in [-0.1, -0.05) is 13.8 Å². The Labute approximate surface area is 193 Å². The van der Waals surface area contributed by atoms with Gasteiger partial charge in [0, 0.05) is 11.3 Å². The molecule has 1 saturated heterocycles. The van der Waals surface area contributed by atoms with Crippen LogP contribution in [0.1, 0.15) is 37.0 Å². The first-order valence-corrected chi connectivity index (χ1v) is 12.2. The van der Waals surface area contributed by atoms with Crippen LogP contribution in [0.4, 0.5) is 10.1 Å². The highest BCUT2D eigenvalue weighted by Gasteiger charge is 2.26. The molecule has 10 heteroatoms. The van der Waals surface area contributed by atoms with Crippen molar-refractivity contribution < 1.29 is 27.1 Å². The van der Waals surface area contributed by atoms with Gasteiger partial charge in [-0.05, 0) is 67.3 Å². The van der Waals surface area contributed by atoms with Crippen molar-refractivity contribution in [1.29, 1.82) is 0 Å². The maximum absolute atomic E-state index is 13.1. The van der Waals surface area contributed by atoms with E-state index in [-0.39, 0.29) is 16.5 Å². The van der Waals surface area contributed by atoms with Crippen LogP contribution < -0.4 is 15.4 Å². The maximum atomic E-state index is 13.1. The molecule has 0 spiro atoms. The summed E-state index contributed by atoms with van der Waals surface area (Å²) in [6.07, 6.45) is 1.12. The lowest BCUT2D eigenvalue weighted by Gasteiger charge is -2.26. The van der Waals surface area contributed by atoms with E-state index in [1.165, 1.54) is 48.5 Å². The van der Waals surface area contributed by atoms with Crippen LogP contribution in [-0.4, -0.2) is 45.5 Å². The minimum Gasteiger partial charge on any atom is -0.378 e. The van der Waals surface area contributed by atoms with Gasteiger partial charge in [-0.15, -0.1) is 0 Å². The van der Waals surface area contributed by atoms with Crippen molar-refractivity contribution in [2.75, 3.05) is 18.5 Å². The second kappa shape index (κ2) is 10.9. The number of sulfonamides is 1. The van der Waals surface area contributed by atoms with Crippen LogP contribution in [0.2, 0.25) is 0 Å². The first-order valence-electron chi connectivity index (χ1n) is 10.7. The van der Waals surface area contributed by atoms with Gasteiger partial charge in [0.15, 0.2) is 0 Å². The molecule has 2 aromatic rings. The van der Waals surface area contributed by atoms with Crippen molar-refractivity contribution in [1.82, 2.24) is 10.0 Å². The summed E-state index contributed by atoms with van der Waals surface area (Å²) in [6, 6.07) is 9.80. The zero-order valence-electron chi connectivity index (χ0n) is 18.5. The van der Waals surface area contributed by atoms with Crippen LogP contribution in [0, 0.1) is 11.7 Å². The number of nitrogens with one attached hydrogen (secondary N) is 3. The minimum absolute atomic E-state index is 0.0772. The quantitative estimate of drug-likeness (QED) is 0.487. The Kier molecular flexibility index (Phi) is 8.17. The first kappa shape index (κ1) is 24.8. The molecule has 33 heavy (non-hydrogen) atoms. The Hall–Kier alpha value is -2.82. The molecule has 0 saturated carbocycles. The number of hydrogen-bond acceptors (Lipinski definition) is 5. The average Bonchev–Trinajstić information content (AvgIpc) is 2.74. The van der Waals surface area contributed by atoms with Crippen LogP contribution in [0.25, 0.3) is 0 Å². The molecule has 8 nitrogen and oxygen atoms in total. The van der Waals surface area contributed by atoms with Gasteiger partial charge in [0.05, 0.1) is 24.2 Å². The lowest BCUT2D eigenvalue weighted by molar-refractivity contribution is -0.118. The highest BCUT2D eigenvalue weighted by Crippen LogP contribution is 2.17. The molecule has 0 unspecified atom stereocenters. The fourth-order valence-electron chi connectivity index (χ4n) is 3.15. The second-order valence-corrected chi connectivity index (χ2v) is 10.1. The van der Waals surface area contributed by atoms with Gasteiger partial charge in [-0.2, -0.15) is 0 Å². The number of ether oxygens (including phenoxy) is 1. The van der Waals surface area contributed by atoms with Crippen molar-refractivity contribution in [2.45, 2.75) is 43.7 Å². The summed E-state index contributed by atoms with van der Waals surface area (Å²) < 4.78 is 45.4. The number of anilines is 1. The monoisotopic (exact) mass is 477 g/mol. The molecule has 1 fully saturated rings. The van der Waals surface area contributed by atoms with E-state index in [0.717, 1.165) is 0 Å². The Morgan fingerprint density at radius 1 is 1.03 bits per heavy atom. The van der Waals surface area contributed by atoms with E-state index in [4.69, 9.17) is 4.74 Å². The number of amides is 2. The van der Waals surface area contributed by atoms with Gasteiger partial charge in [0.1, 0.15) is 11.9 Å². The zero-order valence-corrected chi connectivity index (χ0v) is 19.3. The molecule has 1 aliphatic heterocycles. The Morgan fingerprint density at radius 2 is 1.67 bits per heavy atom. The zero-order chi connectivity index (χ0) is 24.0. The summed E-state index contributed by atoms with van der Waals surface area (Å²) in [5.41, 5.74) is 0.647. The number of halogens is 1. The predicted molar refractivity (Wildman–Crippen MR) is 122 cm³/mol. The van der Waals surface area contributed by atoms with Crippen LogP contribution in [-0.2, 0) is 19.6 Å². The molecular weight excluding hydrogens is 449 g/mol. The topological polar surface area (TPSA) is 114 Å². The van der Waals surface area contributed by atoms with Crippen molar-refractivity contribution in [3.05, 3.63) is 59.9 Å². The van der Waals surface area contributed by atoms with Gasteiger partial charge in [-0.3, -0.25) is 9.59 Å². The van der Waals surface area contributed by atoms with Crippen LogP contribution >= 0.6 is 0 Å². The van der Waals surface area contributed by atoms with Crippen LogP contribution in [0.15, 0.2) is 53.4 Å². The molecule has 1 heterocycles. The van der Waals surface area contributed by atoms with Gasteiger partial charge in [0.25, 0.3) is 5.91 Å². The van der Waals surface area contributed by atoms with E-state index in [1.54, 1.807) is 0 Å². The number of benzene rings is 2. The summed E-state index contributed by atoms with van der Waals surface area (Å²) in [7, 11) is -3.68. The van der Waals surface area contributed by atoms with Crippen LogP contribution in [0.5, 0.6) is 0 Å². The molecule has 0 bridgehead atoms. The van der Waals surface area contributed by atoms with Gasteiger partial charge in [-0.25, -0.2) is 17.5 Å². The smallest absolute Gasteiger partial charge is 0.251 e. The molecule has 0 aliphatic carbocycles. The van der Waals surface area contributed by atoms with E-state index >= 15 is 0 Å². The first-order chi connectivity index (χ1) is 15.6. The Balaban J connectivity index is 1.66. The summed E-state index contributed by atoms with van der Waals surface area (Å²) >= 11 is 0. The van der Waals surface area contributed by atoms with Gasteiger partial charge < -0.3 is 15.4 Å². The highest BCUT2D eigenvalue weighted by molar-refractivity contribution is 7.89. The number of rotatable bonds is 10. The molecule has 2 aromatic carbocycles. The lowest BCUT2D eigenvalue weighted by atomic mass is 10.0. The van der Waals surface area contributed by atoms with Crippen molar-refractivity contribution in [2.24, 2.45) is 5.92 Å². The van der Waals surface area contributed by atoms with E-state index in [9.17, 15) is 22.4 Å². The molecule has 1 aliphatic rings. The molecule has 2 amide bonds. The highest BCUT2D eigenvalue weighted by atomic mass is 32.2. The number of carbonyl (C=O) groups is 2. The summed E-state index contributed by atoms with van der Waals surface area (Å²) in [5, 5.41) is 5.43. The summed E-state index contributed by atoms with van der Waals surface area (Å²) in [6.45, 7) is 4.71. The second-order valence-electron chi connectivity index (χ2n) is 8.37. The van der Waals surface area contributed by atoms with Crippen molar-refractivity contribution >= 4 is 27.5 Å². The largest absolute Gasteiger partial charge is 0.378 e. The van der Waals surface area contributed by atoms with E-state index in [1.807, 2.05) is 13.8 Å². The molecule has 0 aromatic heterocycles. The third kappa shape index (κ3) is 7.08. The summed E-state index contributed by atoms with van der Waals surface area (Å²) in [5.74, 6) is -1.04. The summed E-state index contributed by atoms with van der Waals surface area (Å²) in [4.78, 5) is 25.5. The number of carbonyl (C=O) groups excluding carboxylic acids is 2. The molecular formula is C23H28FN3O5S. The molecule has 0 radical (unpaired) electrons. The molecule has 1 atom stereocenters. The van der Waals surface area contributed by atoms with Gasteiger partial charge >= 0.3 is 0 Å². The maximum Gasteiger partial charge on any atom is 0.251 e. The van der Waals surface area contributed by atoms with E-state index < -0.39 is 33.7 Å². The number of hydrogen-bond donors (Lipinski definition) is 3. The average molecular weight is 478 g/mol. The predicted octanol–water partition coefficient (Wildman–Crippen LogP) is 2.68. The lowest BCUT2D eigenvalue weighted by Crippen LogP contribution is -2.48. The third-order valence-electron chi connectivity index (χ3n) is 5.15.